The van der Waals surface area contributed by atoms with E-state index < -0.39 is 0 Å². The Hall–Kier alpha value is -0.550. The maximum Gasteiger partial charge on any atom is 0.0655 e. The molecule has 0 aliphatic carbocycles. The van der Waals surface area contributed by atoms with Gasteiger partial charge in [-0.3, -0.25) is 0 Å². The monoisotopic (exact) mass is 129 g/mol. The highest BCUT2D eigenvalue weighted by molar-refractivity contribution is 4.80. The molecular formula is C7H15NO. The fourth-order valence-corrected chi connectivity index (χ4v) is 0.708. The minimum Gasteiger partial charge on any atom is -0.412 e. The molecule has 0 saturated carbocycles. The van der Waals surface area contributed by atoms with Gasteiger partial charge in [-0.15, -0.1) is 0 Å². The Morgan fingerprint density at radius 2 is 2.00 bits per heavy atom. The SMILES string of the molecule is CCCC(C#N)CC.O. The molecule has 0 radical (unpaired) electrons. The topological polar surface area (TPSA) is 55.3 Å². The third-order valence-corrected chi connectivity index (χ3v) is 1.31. The zero-order valence-electron chi connectivity index (χ0n) is 6.15. The smallest absolute Gasteiger partial charge is 0.0655 e. The molecule has 0 heterocycles. The molecule has 9 heavy (non-hydrogen) atoms. The molecule has 0 amide bonds. The summed E-state index contributed by atoms with van der Waals surface area (Å²) in [6, 6.07) is 2.25. The largest absolute Gasteiger partial charge is 0.412 e. The third-order valence-electron chi connectivity index (χ3n) is 1.31. The van der Waals surface area contributed by atoms with Gasteiger partial charge in [-0.05, 0) is 12.8 Å². The van der Waals surface area contributed by atoms with Crippen molar-refractivity contribution in [1.29, 1.82) is 5.26 Å². The standard InChI is InChI=1S/C7H13N.H2O/c1-3-5-7(4-2)6-8;/h7H,3-5H2,1-2H3;1H2. The van der Waals surface area contributed by atoms with E-state index in [2.05, 4.69) is 19.9 Å². The van der Waals surface area contributed by atoms with Crippen LogP contribution in [0.3, 0.4) is 0 Å². The summed E-state index contributed by atoms with van der Waals surface area (Å²) in [6.07, 6.45) is 3.20. The molecule has 2 N–H and O–H groups in total. The van der Waals surface area contributed by atoms with Gasteiger partial charge in [0.05, 0.1) is 6.07 Å². The van der Waals surface area contributed by atoms with Crippen LogP contribution >= 0.6 is 0 Å². The summed E-state index contributed by atoms with van der Waals surface area (Å²) in [5.41, 5.74) is 0. The summed E-state index contributed by atoms with van der Waals surface area (Å²) in [7, 11) is 0. The Morgan fingerprint density at radius 1 is 1.44 bits per heavy atom. The maximum atomic E-state index is 8.41. The first kappa shape index (κ1) is 11.3. The zero-order valence-corrected chi connectivity index (χ0v) is 6.15. The molecule has 54 valence electrons. The predicted molar refractivity (Wildman–Crippen MR) is 37.9 cm³/mol. The van der Waals surface area contributed by atoms with E-state index in [0.29, 0.717) is 5.92 Å². The molecule has 0 rings (SSSR count). The highest BCUT2D eigenvalue weighted by Crippen LogP contribution is 2.07. The lowest BCUT2D eigenvalue weighted by Crippen LogP contribution is -1.91. The average Bonchev–Trinajstić information content (AvgIpc) is 1.83. The van der Waals surface area contributed by atoms with Crippen molar-refractivity contribution in [3.8, 4) is 6.07 Å². The third kappa shape index (κ3) is 5.32. The lowest BCUT2D eigenvalue weighted by Gasteiger charge is -1.99. The van der Waals surface area contributed by atoms with Gasteiger partial charge < -0.3 is 5.48 Å². The predicted octanol–water partition coefficient (Wildman–Crippen LogP) is 1.51. The second-order valence-corrected chi connectivity index (χ2v) is 2.02. The number of rotatable bonds is 3. The van der Waals surface area contributed by atoms with Gasteiger partial charge in [-0.2, -0.15) is 5.26 Å². The minimum atomic E-state index is 0. The fraction of sp³-hybridized carbons (Fsp3) is 0.857. The first-order valence-electron chi connectivity index (χ1n) is 3.24. The van der Waals surface area contributed by atoms with Gasteiger partial charge in [-0.1, -0.05) is 20.3 Å². The van der Waals surface area contributed by atoms with Crippen molar-refractivity contribution in [2.24, 2.45) is 5.92 Å². The second kappa shape index (κ2) is 7.45. The molecule has 0 fully saturated rings. The molecular weight excluding hydrogens is 114 g/mol. The molecule has 1 atom stereocenters. The lowest BCUT2D eigenvalue weighted by atomic mass is 10.0. The van der Waals surface area contributed by atoms with E-state index in [-0.39, 0.29) is 5.48 Å². The van der Waals surface area contributed by atoms with Gasteiger partial charge in [0.2, 0.25) is 0 Å². The summed E-state index contributed by atoms with van der Waals surface area (Å²) < 4.78 is 0. The summed E-state index contributed by atoms with van der Waals surface area (Å²) in [5, 5.41) is 8.41. The molecule has 0 aromatic rings. The van der Waals surface area contributed by atoms with Gasteiger partial charge in [0.1, 0.15) is 0 Å². The van der Waals surface area contributed by atoms with E-state index in [9.17, 15) is 0 Å². The molecule has 2 nitrogen and oxygen atoms in total. The van der Waals surface area contributed by atoms with Crippen LogP contribution in [0.1, 0.15) is 33.1 Å². The molecule has 0 spiro atoms. The van der Waals surface area contributed by atoms with Crippen LogP contribution < -0.4 is 0 Å². The van der Waals surface area contributed by atoms with Crippen LogP contribution in [0.5, 0.6) is 0 Å². The Bertz CT molecular complexity index is 85.4. The Labute approximate surface area is 56.8 Å². The van der Waals surface area contributed by atoms with Gasteiger partial charge >= 0.3 is 0 Å². The van der Waals surface area contributed by atoms with Crippen molar-refractivity contribution in [1.82, 2.24) is 0 Å². The van der Waals surface area contributed by atoms with E-state index in [1.165, 1.54) is 0 Å². The number of nitrogens with zero attached hydrogens (tertiary/aromatic N) is 1. The quantitative estimate of drug-likeness (QED) is 0.569. The normalized spacial score (nSPS) is 11.2. The van der Waals surface area contributed by atoms with Crippen molar-refractivity contribution in [3.05, 3.63) is 0 Å². The highest BCUT2D eigenvalue weighted by Gasteiger charge is 1.99. The first-order chi connectivity index (χ1) is 3.85. The van der Waals surface area contributed by atoms with Crippen molar-refractivity contribution in [2.45, 2.75) is 33.1 Å². The molecule has 0 bridgehead atoms. The van der Waals surface area contributed by atoms with Crippen molar-refractivity contribution < 1.29 is 5.48 Å². The fourth-order valence-electron chi connectivity index (χ4n) is 0.708. The minimum absolute atomic E-state index is 0. The van der Waals surface area contributed by atoms with E-state index >= 15 is 0 Å². The van der Waals surface area contributed by atoms with Gasteiger partial charge in [0.15, 0.2) is 0 Å². The van der Waals surface area contributed by atoms with Crippen LogP contribution in [0.15, 0.2) is 0 Å². The highest BCUT2D eigenvalue weighted by atomic mass is 16.0. The van der Waals surface area contributed by atoms with Crippen LogP contribution in [0.25, 0.3) is 0 Å². The second-order valence-electron chi connectivity index (χ2n) is 2.02. The van der Waals surface area contributed by atoms with E-state index in [1.807, 2.05) is 0 Å². The van der Waals surface area contributed by atoms with Gasteiger partial charge in [-0.25, -0.2) is 0 Å². The molecule has 0 aromatic carbocycles. The number of nitriles is 1. The lowest BCUT2D eigenvalue weighted by molar-refractivity contribution is 0.575. The molecule has 0 aliphatic heterocycles. The molecule has 0 saturated heterocycles. The number of hydrogen-bond acceptors (Lipinski definition) is 1. The Morgan fingerprint density at radius 3 is 2.11 bits per heavy atom. The molecule has 1 unspecified atom stereocenters. The Balaban J connectivity index is 0. The number of hydrogen-bond donors (Lipinski definition) is 0. The van der Waals surface area contributed by atoms with Crippen LogP contribution in [0, 0.1) is 17.2 Å². The van der Waals surface area contributed by atoms with Gasteiger partial charge in [0.25, 0.3) is 0 Å². The summed E-state index contributed by atoms with van der Waals surface area (Å²) >= 11 is 0. The van der Waals surface area contributed by atoms with Crippen LogP contribution in [0.4, 0.5) is 0 Å². The van der Waals surface area contributed by atoms with Crippen LogP contribution in [-0.4, -0.2) is 5.48 Å². The van der Waals surface area contributed by atoms with E-state index in [4.69, 9.17) is 5.26 Å². The van der Waals surface area contributed by atoms with Crippen LogP contribution in [-0.2, 0) is 0 Å². The average molecular weight is 129 g/mol. The summed E-state index contributed by atoms with van der Waals surface area (Å²) in [4.78, 5) is 0. The molecule has 0 aliphatic rings. The summed E-state index contributed by atoms with van der Waals surface area (Å²) in [6.45, 7) is 4.17. The molecule has 0 aromatic heterocycles. The van der Waals surface area contributed by atoms with Crippen molar-refractivity contribution in [2.75, 3.05) is 0 Å². The van der Waals surface area contributed by atoms with Gasteiger partial charge in [0, 0.05) is 5.92 Å². The molecule has 2 heteroatoms. The first-order valence-corrected chi connectivity index (χ1v) is 3.24. The summed E-state index contributed by atoms with van der Waals surface area (Å²) in [5.74, 6) is 0.306. The van der Waals surface area contributed by atoms with Crippen molar-refractivity contribution in [3.63, 3.8) is 0 Å². The van der Waals surface area contributed by atoms with E-state index in [1.54, 1.807) is 0 Å². The van der Waals surface area contributed by atoms with Crippen LogP contribution in [0.2, 0.25) is 0 Å². The zero-order chi connectivity index (χ0) is 6.41. The van der Waals surface area contributed by atoms with Crippen molar-refractivity contribution >= 4 is 0 Å². The maximum absolute atomic E-state index is 8.41. The Kier molecular flexibility index (Phi) is 9.33. The van der Waals surface area contributed by atoms with E-state index in [0.717, 1.165) is 19.3 Å².